The van der Waals surface area contributed by atoms with Crippen LogP contribution in [0.4, 0.5) is 5.82 Å². The highest BCUT2D eigenvalue weighted by atomic mass is 15.4. The second-order valence-electron chi connectivity index (χ2n) is 7.13. The van der Waals surface area contributed by atoms with Gasteiger partial charge in [0, 0.05) is 12.2 Å². The van der Waals surface area contributed by atoms with E-state index in [4.69, 9.17) is 4.98 Å². The Morgan fingerprint density at radius 2 is 2.00 bits per heavy atom. The third kappa shape index (κ3) is 2.24. The number of aromatic nitrogens is 7. The molecule has 3 aromatic heterocycles. The van der Waals surface area contributed by atoms with Crippen molar-refractivity contribution < 1.29 is 0 Å². The number of anilines is 1. The minimum atomic E-state index is 0.195. The summed E-state index contributed by atoms with van der Waals surface area (Å²) in [6, 6.07) is 0.691. The highest BCUT2D eigenvalue weighted by molar-refractivity contribution is 5.62. The summed E-state index contributed by atoms with van der Waals surface area (Å²) >= 11 is 0. The largest absolute Gasteiger partial charge is 0.341 e. The Balaban J connectivity index is 1.69. The average molecular weight is 350 g/mol. The molecular formula is C18H22N8. The van der Waals surface area contributed by atoms with Gasteiger partial charge in [-0.05, 0) is 26.2 Å². The Morgan fingerprint density at radius 1 is 1.15 bits per heavy atom. The maximum absolute atomic E-state index is 4.96. The third-order valence-electron chi connectivity index (χ3n) is 5.50. The van der Waals surface area contributed by atoms with Crippen LogP contribution in [0.15, 0.2) is 25.0 Å². The van der Waals surface area contributed by atoms with Crippen LogP contribution in [-0.4, -0.2) is 40.3 Å². The van der Waals surface area contributed by atoms with Crippen LogP contribution < -0.4 is 4.90 Å². The van der Waals surface area contributed by atoms with Crippen molar-refractivity contribution in [3.8, 4) is 11.6 Å². The molecule has 8 heteroatoms. The van der Waals surface area contributed by atoms with Crippen molar-refractivity contribution in [2.24, 2.45) is 0 Å². The van der Waals surface area contributed by atoms with Gasteiger partial charge >= 0.3 is 0 Å². The van der Waals surface area contributed by atoms with Crippen LogP contribution in [0.5, 0.6) is 0 Å². The van der Waals surface area contributed by atoms with Crippen LogP contribution >= 0.6 is 0 Å². The van der Waals surface area contributed by atoms with E-state index >= 15 is 0 Å². The standard InChI is InChI=1S/C18H22N8/c1-3-14-17-23-21-11-25(17)15-8-19-18(24-9-12(2)20-10-24)22-16(15)26(14)13-6-4-5-7-13/h8-11,13-14H,3-7H2,1-2H3. The first-order valence-corrected chi connectivity index (χ1v) is 9.33. The normalized spacial score (nSPS) is 19.6. The summed E-state index contributed by atoms with van der Waals surface area (Å²) < 4.78 is 3.92. The Bertz CT molecular complexity index is 936. The first kappa shape index (κ1) is 15.5. The van der Waals surface area contributed by atoms with Crippen molar-refractivity contribution in [3.05, 3.63) is 36.6 Å². The molecule has 5 rings (SSSR count). The molecule has 4 heterocycles. The Morgan fingerprint density at radius 3 is 2.73 bits per heavy atom. The molecule has 2 aliphatic rings. The fraction of sp³-hybridized carbons (Fsp3) is 0.500. The van der Waals surface area contributed by atoms with Crippen LogP contribution in [0.3, 0.4) is 0 Å². The minimum Gasteiger partial charge on any atom is -0.341 e. The zero-order valence-electron chi connectivity index (χ0n) is 15.1. The number of rotatable bonds is 3. The van der Waals surface area contributed by atoms with E-state index in [0.29, 0.717) is 12.0 Å². The van der Waals surface area contributed by atoms with E-state index in [1.807, 2.05) is 28.5 Å². The number of imidazole rings is 1. The molecule has 0 amide bonds. The minimum absolute atomic E-state index is 0.195. The van der Waals surface area contributed by atoms with Crippen molar-refractivity contribution in [1.82, 2.24) is 34.3 Å². The highest BCUT2D eigenvalue weighted by Gasteiger charge is 2.38. The fourth-order valence-electron chi connectivity index (χ4n) is 4.29. The maximum Gasteiger partial charge on any atom is 0.236 e. The van der Waals surface area contributed by atoms with Gasteiger partial charge in [0.15, 0.2) is 11.6 Å². The van der Waals surface area contributed by atoms with E-state index in [-0.39, 0.29) is 6.04 Å². The second-order valence-corrected chi connectivity index (χ2v) is 7.13. The van der Waals surface area contributed by atoms with Crippen LogP contribution in [0.1, 0.15) is 56.6 Å². The van der Waals surface area contributed by atoms with Crippen molar-refractivity contribution >= 4 is 5.82 Å². The van der Waals surface area contributed by atoms with Gasteiger partial charge in [-0.3, -0.25) is 9.13 Å². The Kier molecular flexibility index (Phi) is 3.51. The predicted octanol–water partition coefficient (Wildman–Crippen LogP) is 2.77. The SMILES string of the molecule is CCC1c2nncn2-c2cnc(-n3cnc(C)c3)nc2N1C1CCCC1. The average Bonchev–Trinajstić information content (AvgIpc) is 3.41. The zero-order valence-corrected chi connectivity index (χ0v) is 15.1. The first-order valence-electron chi connectivity index (χ1n) is 9.33. The molecule has 0 bridgehead atoms. The van der Waals surface area contributed by atoms with Gasteiger partial charge in [0.05, 0.1) is 17.9 Å². The molecule has 1 unspecified atom stereocenters. The van der Waals surface area contributed by atoms with E-state index in [2.05, 4.69) is 32.0 Å². The number of hydrogen-bond acceptors (Lipinski definition) is 6. The lowest BCUT2D eigenvalue weighted by molar-refractivity contribution is 0.468. The van der Waals surface area contributed by atoms with Crippen LogP contribution in [0.2, 0.25) is 0 Å². The van der Waals surface area contributed by atoms with Gasteiger partial charge in [-0.2, -0.15) is 4.98 Å². The molecule has 0 aromatic carbocycles. The molecule has 0 N–H and O–H groups in total. The molecule has 1 aliphatic carbocycles. The van der Waals surface area contributed by atoms with Crippen LogP contribution in [-0.2, 0) is 0 Å². The van der Waals surface area contributed by atoms with Gasteiger partial charge in [0.2, 0.25) is 5.95 Å². The molecule has 134 valence electrons. The van der Waals surface area contributed by atoms with Crippen LogP contribution in [0, 0.1) is 6.92 Å². The summed E-state index contributed by atoms with van der Waals surface area (Å²) in [5.41, 5.74) is 1.91. The van der Waals surface area contributed by atoms with E-state index in [1.165, 1.54) is 25.7 Å². The molecule has 0 saturated heterocycles. The van der Waals surface area contributed by atoms with Gasteiger partial charge < -0.3 is 4.90 Å². The molecular weight excluding hydrogens is 328 g/mol. The lowest BCUT2D eigenvalue weighted by atomic mass is 10.0. The number of fused-ring (bicyclic) bond motifs is 3. The number of hydrogen-bond donors (Lipinski definition) is 0. The fourth-order valence-corrected chi connectivity index (χ4v) is 4.29. The van der Waals surface area contributed by atoms with Gasteiger partial charge in [0.25, 0.3) is 0 Å². The Labute approximate surface area is 151 Å². The zero-order chi connectivity index (χ0) is 17.7. The predicted molar refractivity (Wildman–Crippen MR) is 96.6 cm³/mol. The van der Waals surface area contributed by atoms with Crippen LogP contribution in [0.25, 0.3) is 11.6 Å². The molecule has 3 aromatic rings. The van der Waals surface area contributed by atoms with Gasteiger partial charge in [0.1, 0.15) is 18.3 Å². The molecule has 26 heavy (non-hydrogen) atoms. The van der Waals surface area contributed by atoms with E-state index in [0.717, 1.165) is 29.4 Å². The third-order valence-corrected chi connectivity index (χ3v) is 5.50. The van der Waals surface area contributed by atoms with Gasteiger partial charge in [-0.1, -0.05) is 19.8 Å². The molecule has 0 radical (unpaired) electrons. The summed E-state index contributed by atoms with van der Waals surface area (Å²) in [6.45, 7) is 4.17. The van der Waals surface area contributed by atoms with Gasteiger partial charge in [-0.25, -0.2) is 9.97 Å². The highest BCUT2D eigenvalue weighted by Crippen LogP contribution is 2.42. The van der Waals surface area contributed by atoms with E-state index in [1.54, 1.807) is 12.7 Å². The molecule has 1 saturated carbocycles. The maximum atomic E-state index is 4.96. The summed E-state index contributed by atoms with van der Waals surface area (Å²) in [7, 11) is 0. The molecule has 1 fully saturated rings. The molecule has 1 aliphatic heterocycles. The van der Waals surface area contributed by atoms with E-state index < -0.39 is 0 Å². The smallest absolute Gasteiger partial charge is 0.236 e. The Hall–Kier alpha value is -2.77. The number of nitrogens with zero attached hydrogens (tertiary/aromatic N) is 8. The second kappa shape index (κ2) is 5.89. The molecule has 8 nitrogen and oxygen atoms in total. The summed E-state index contributed by atoms with van der Waals surface area (Å²) in [5.74, 6) is 2.62. The molecule has 0 spiro atoms. The first-order chi connectivity index (χ1) is 12.8. The lowest BCUT2D eigenvalue weighted by Gasteiger charge is -2.40. The topological polar surface area (TPSA) is 77.5 Å². The molecule has 1 atom stereocenters. The van der Waals surface area contributed by atoms with Crippen molar-refractivity contribution in [2.75, 3.05) is 4.90 Å². The van der Waals surface area contributed by atoms with Gasteiger partial charge in [-0.15, -0.1) is 10.2 Å². The summed E-state index contributed by atoms with van der Waals surface area (Å²) in [5, 5.41) is 8.58. The quantitative estimate of drug-likeness (QED) is 0.723. The monoisotopic (exact) mass is 350 g/mol. The number of aryl methyl sites for hydroxylation is 1. The van der Waals surface area contributed by atoms with Crippen molar-refractivity contribution in [2.45, 2.75) is 58.0 Å². The van der Waals surface area contributed by atoms with E-state index in [9.17, 15) is 0 Å². The summed E-state index contributed by atoms with van der Waals surface area (Å²) in [6.07, 6.45) is 13.3. The summed E-state index contributed by atoms with van der Waals surface area (Å²) in [4.78, 5) is 16.3. The van der Waals surface area contributed by atoms with Crippen molar-refractivity contribution in [3.63, 3.8) is 0 Å². The van der Waals surface area contributed by atoms with Crippen molar-refractivity contribution in [1.29, 1.82) is 0 Å². The lowest BCUT2D eigenvalue weighted by Crippen LogP contribution is -2.42.